The number of nitrogens with zero attached hydrogens (tertiary/aromatic N) is 3. The number of amides is 1. The van der Waals surface area contributed by atoms with Crippen LogP contribution in [0.5, 0.6) is 0 Å². The van der Waals surface area contributed by atoms with E-state index in [1.165, 1.54) is 33.3 Å². The number of aryl methyl sites for hydroxylation is 1. The Morgan fingerprint density at radius 3 is 2.84 bits per heavy atom. The zero-order valence-electron chi connectivity index (χ0n) is 18.9. The molecule has 0 saturated carbocycles. The van der Waals surface area contributed by atoms with Crippen molar-refractivity contribution in [3.63, 3.8) is 0 Å². The molecule has 5 rings (SSSR count). The summed E-state index contributed by atoms with van der Waals surface area (Å²) in [5.41, 5.74) is 3.83. The number of thioether (sulfide) groups is 1. The molecule has 0 radical (unpaired) electrons. The lowest BCUT2D eigenvalue weighted by Crippen LogP contribution is -2.40. The zero-order chi connectivity index (χ0) is 22.4. The standard InChI is InChI=1S/C25H29N3O2S2/c1-4-28-24(30)21-19-10-9-15(2)13-20(19)32-22(21)26-25(28)31-16(3)23(29)27-12-11-17-7-5-6-8-18(17)14-27/h5-8,15-16H,4,9-14H2,1-3H3. The van der Waals surface area contributed by atoms with Crippen LogP contribution in [-0.4, -0.2) is 32.2 Å². The molecule has 1 aliphatic heterocycles. The molecule has 0 N–H and O–H groups in total. The first-order valence-corrected chi connectivity index (χ1v) is 13.2. The van der Waals surface area contributed by atoms with Gasteiger partial charge < -0.3 is 4.90 Å². The highest BCUT2D eigenvalue weighted by molar-refractivity contribution is 8.00. The van der Waals surface area contributed by atoms with Gasteiger partial charge in [-0.2, -0.15) is 0 Å². The van der Waals surface area contributed by atoms with Crippen molar-refractivity contribution in [2.24, 2.45) is 5.92 Å². The summed E-state index contributed by atoms with van der Waals surface area (Å²) >= 11 is 3.09. The van der Waals surface area contributed by atoms with Crippen molar-refractivity contribution in [2.75, 3.05) is 6.54 Å². The van der Waals surface area contributed by atoms with Gasteiger partial charge in [0.05, 0.1) is 10.6 Å². The highest BCUT2D eigenvalue weighted by Gasteiger charge is 2.28. The minimum absolute atomic E-state index is 0.0543. The topological polar surface area (TPSA) is 55.2 Å². The quantitative estimate of drug-likeness (QED) is 0.413. The molecular weight excluding hydrogens is 438 g/mol. The molecule has 1 aliphatic carbocycles. The van der Waals surface area contributed by atoms with Gasteiger partial charge in [0.2, 0.25) is 5.91 Å². The van der Waals surface area contributed by atoms with E-state index in [4.69, 9.17) is 4.98 Å². The summed E-state index contributed by atoms with van der Waals surface area (Å²) in [7, 11) is 0. The summed E-state index contributed by atoms with van der Waals surface area (Å²) in [5, 5.41) is 1.18. The van der Waals surface area contributed by atoms with Crippen molar-refractivity contribution in [3.05, 3.63) is 56.2 Å². The van der Waals surface area contributed by atoms with Crippen LogP contribution in [-0.2, 0) is 37.1 Å². The molecule has 1 amide bonds. The first-order chi connectivity index (χ1) is 15.5. The summed E-state index contributed by atoms with van der Waals surface area (Å²) in [5.74, 6) is 0.769. The van der Waals surface area contributed by atoms with Crippen molar-refractivity contribution in [3.8, 4) is 0 Å². The van der Waals surface area contributed by atoms with Crippen LogP contribution in [0, 0.1) is 5.92 Å². The van der Waals surface area contributed by atoms with Crippen LogP contribution in [0.2, 0.25) is 0 Å². The van der Waals surface area contributed by atoms with Gasteiger partial charge in [0, 0.05) is 24.5 Å². The third-order valence-corrected chi connectivity index (χ3v) is 8.99. The van der Waals surface area contributed by atoms with Gasteiger partial charge in [-0.15, -0.1) is 11.3 Å². The molecule has 2 atom stereocenters. The zero-order valence-corrected chi connectivity index (χ0v) is 20.5. The van der Waals surface area contributed by atoms with Crippen molar-refractivity contribution >= 4 is 39.2 Å². The molecular formula is C25H29N3O2S2. The van der Waals surface area contributed by atoms with Crippen LogP contribution in [0.4, 0.5) is 0 Å². The van der Waals surface area contributed by atoms with E-state index in [0.717, 1.165) is 42.4 Å². The highest BCUT2D eigenvalue weighted by atomic mass is 32.2. The van der Waals surface area contributed by atoms with Crippen LogP contribution < -0.4 is 5.56 Å². The third-order valence-electron chi connectivity index (χ3n) is 6.77. The lowest BCUT2D eigenvalue weighted by atomic mass is 9.89. The summed E-state index contributed by atoms with van der Waals surface area (Å²) in [6.45, 7) is 8.15. The highest BCUT2D eigenvalue weighted by Crippen LogP contribution is 2.37. The molecule has 2 unspecified atom stereocenters. The molecule has 5 nitrogen and oxygen atoms in total. The Labute approximate surface area is 196 Å². The maximum atomic E-state index is 13.4. The maximum absolute atomic E-state index is 13.4. The molecule has 32 heavy (non-hydrogen) atoms. The molecule has 2 aliphatic rings. The van der Waals surface area contributed by atoms with E-state index in [1.807, 2.05) is 24.8 Å². The first-order valence-electron chi connectivity index (χ1n) is 11.5. The van der Waals surface area contributed by atoms with E-state index < -0.39 is 0 Å². The molecule has 0 spiro atoms. The van der Waals surface area contributed by atoms with Gasteiger partial charge in [-0.1, -0.05) is 43.0 Å². The number of benzene rings is 1. The molecule has 7 heteroatoms. The molecule has 2 aromatic heterocycles. The van der Waals surface area contributed by atoms with Crippen LogP contribution in [0.3, 0.4) is 0 Å². The summed E-state index contributed by atoms with van der Waals surface area (Å²) in [4.78, 5) is 35.7. The summed E-state index contributed by atoms with van der Waals surface area (Å²) in [6.07, 6.45) is 4.03. The van der Waals surface area contributed by atoms with Crippen LogP contribution >= 0.6 is 23.1 Å². The smallest absolute Gasteiger partial charge is 0.263 e. The van der Waals surface area contributed by atoms with Gasteiger partial charge in [-0.3, -0.25) is 14.2 Å². The van der Waals surface area contributed by atoms with E-state index >= 15 is 0 Å². The van der Waals surface area contributed by atoms with E-state index in [2.05, 4.69) is 25.1 Å². The number of aromatic nitrogens is 2. The Hall–Kier alpha value is -2.12. The number of hydrogen-bond donors (Lipinski definition) is 0. The average Bonchev–Trinajstić information content (AvgIpc) is 3.15. The minimum Gasteiger partial charge on any atom is -0.337 e. The number of carbonyl (C=O) groups is 1. The number of carbonyl (C=O) groups excluding carboxylic acids is 1. The number of rotatable bonds is 4. The molecule has 3 heterocycles. The van der Waals surface area contributed by atoms with Gasteiger partial charge in [0.1, 0.15) is 4.83 Å². The van der Waals surface area contributed by atoms with E-state index in [-0.39, 0.29) is 16.7 Å². The molecule has 0 fully saturated rings. The molecule has 0 bridgehead atoms. The van der Waals surface area contributed by atoms with Gasteiger partial charge in [0.25, 0.3) is 5.56 Å². The average molecular weight is 468 g/mol. The number of hydrogen-bond acceptors (Lipinski definition) is 5. The lowest BCUT2D eigenvalue weighted by molar-refractivity contribution is -0.131. The Morgan fingerprint density at radius 1 is 1.28 bits per heavy atom. The maximum Gasteiger partial charge on any atom is 0.263 e. The second kappa shape index (κ2) is 8.67. The van der Waals surface area contributed by atoms with Crippen molar-refractivity contribution < 1.29 is 4.79 Å². The van der Waals surface area contributed by atoms with Crippen molar-refractivity contribution in [2.45, 2.75) is 70.0 Å². The van der Waals surface area contributed by atoms with Crippen molar-refractivity contribution in [1.82, 2.24) is 14.5 Å². The van der Waals surface area contributed by atoms with E-state index in [9.17, 15) is 9.59 Å². The molecule has 0 saturated heterocycles. The Bertz CT molecular complexity index is 1250. The minimum atomic E-state index is -0.294. The van der Waals surface area contributed by atoms with Gasteiger partial charge in [-0.05, 0) is 62.1 Å². The second-order valence-electron chi connectivity index (χ2n) is 9.01. The Kier molecular flexibility index (Phi) is 5.88. The first kappa shape index (κ1) is 21.7. The second-order valence-corrected chi connectivity index (χ2v) is 11.4. The fourth-order valence-corrected chi connectivity index (χ4v) is 7.40. The summed E-state index contributed by atoms with van der Waals surface area (Å²) < 4.78 is 1.76. The van der Waals surface area contributed by atoms with E-state index in [0.29, 0.717) is 24.2 Å². The normalized spacial score (nSPS) is 19.0. The van der Waals surface area contributed by atoms with Crippen LogP contribution in [0.15, 0.2) is 34.2 Å². The monoisotopic (exact) mass is 467 g/mol. The molecule has 1 aromatic carbocycles. The molecule has 3 aromatic rings. The number of thiophene rings is 1. The molecule has 168 valence electrons. The largest absolute Gasteiger partial charge is 0.337 e. The van der Waals surface area contributed by atoms with E-state index in [1.54, 1.807) is 15.9 Å². The predicted molar refractivity (Wildman–Crippen MR) is 132 cm³/mol. The van der Waals surface area contributed by atoms with Gasteiger partial charge >= 0.3 is 0 Å². The number of fused-ring (bicyclic) bond motifs is 4. The fourth-order valence-electron chi connectivity index (χ4n) is 4.92. The third kappa shape index (κ3) is 3.79. The summed E-state index contributed by atoms with van der Waals surface area (Å²) in [6, 6.07) is 8.35. The SMILES string of the molecule is CCn1c(SC(C)C(=O)N2CCc3ccccc3C2)nc2sc3c(c2c1=O)CCC(C)C3. The van der Waals surface area contributed by atoms with Crippen LogP contribution in [0.1, 0.15) is 48.8 Å². The predicted octanol–water partition coefficient (Wildman–Crippen LogP) is 4.67. The van der Waals surface area contributed by atoms with Crippen LogP contribution in [0.25, 0.3) is 10.2 Å². The Morgan fingerprint density at radius 2 is 2.06 bits per heavy atom. The fraction of sp³-hybridized carbons (Fsp3) is 0.480. The van der Waals surface area contributed by atoms with Gasteiger partial charge in [0.15, 0.2) is 5.16 Å². The Balaban J connectivity index is 1.42. The lowest BCUT2D eigenvalue weighted by Gasteiger charge is -2.30. The van der Waals surface area contributed by atoms with Gasteiger partial charge in [-0.25, -0.2) is 4.98 Å². The van der Waals surface area contributed by atoms with Crippen molar-refractivity contribution in [1.29, 1.82) is 0 Å².